The SMILES string of the molecule is CC(C)(C)C1CC1.CC(C)CC1CCNC1.CC(C)CC1CCNCC1.CC(C)CC1CCOC1.CC(C)CC1CCOCC1.CC(C)CN1CC2(COC2)C1.CC(C)CN1CC2CC1CO2.CC(C)CN1CC2COCC2C1.CC(C)CN1CCNC(=O)C1.CC(C)CN1CCNCC1.CC(C)CN1CCOCC1.CC(C)CN1CCS(=O)(=O)CC1. The van der Waals surface area contributed by atoms with E-state index in [1.54, 1.807) is 0 Å². The van der Waals surface area contributed by atoms with Gasteiger partial charge in [0.05, 0.1) is 70.4 Å². The smallest absolute Gasteiger partial charge is 0.234 e. The zero-order valence-electron chi connectivity index (χ0n) is 84.7. The van der Waals surface area contributed by atoms with Crippen molar-refractivity contribution in [3.63, 3.8) is 0 Å². The Labute approximate surface area is 755 Å². The van der Waals surface area contributed by atoms with Gasteiger partial charge in [0.1, 0.15) is 0 Å². The molecule has 1 aliphatic carbocycles. The molecule has 20 nitrogen and oxygen atoms in total. The average molecular weight is 1750 g/mol. The zero-order valence-corrected chi connectivity index (χ0v) is 85.6. The molecule has 0 aromatic rings. The highest BCUT2D eigenvalue weighted by molar-refractivity contribution is 7.91. The lowest BCUT2D eigenvalue weighted by molar-refractivity contribution is -0.190. The number of nitrogens with zero attached hydrogens (tertiary/aromatic N) is 7. The number of sulfone groups is 1. The molecule has 6 unspecified atom stereocenters. The molecule has 21 heteroatoms. The van der Waals surface area contributed by atoms with Crippen LogP contribution < -0.4 is 21.3 Å². The van der Waals surface area contributed by atoms with Gasteiger partial charge in [-0.05, 0) is 210 Å². The lowest BCUT2D eigenvalue weighted by Gasteiger charge is -2.55. The highest BCUT2D eigenvalue weighted by Crippen LogP contribution is 2.44. The van der Waals surface area contributed by atoms with Crippen LogP contribution in [0.1, 0.15) is 257 Å². The Hall–Kier alpha value is -1.22. The van der Waals surface area contributed by atoms with E-state index in [0.29, 0.717) is 46.8 Å². The number of hydrogen-bond acceptors (Lipinski definition) is 19. The third-order valence-corrected chi connectivity index (χ3v) is 27.1. The van der Waals surface area contributed by atoms with Crippen molar-refractivity contribution >= 4 is 15.7 Å². The molecule has 15 rings (SSSR count). The Morgan fingerprint density at radius 3 is 1.22 bits per heavy atom. The minimum absolute atomic E-state index is 0.164. The van der Waals surface area contributed by atoms with Gasteiger partial charge in [0.2, 0.25) is 5.91 Å². The Morgan fingerprint density at radius 2 is 0.803 bits per heavy atom. The second-order valence-corrected chi connectivity index (χ2v) is 47.8. The van der Waals surface area contributed by atoms with Gasteiger partial charge in [-0.1, -0.05) is 173 Å². The van der Waals surface area contributed by atoms with Crippen molar-refractivity contribution in [3.8, 4) is 0 Å². The van der Waals surface area contributed by atoms with E-state index in [4.69, 9.17) is 28.4 Å². The van der Waals surface area contributed by atoms with Crippen molar-refractivity contribution < 1.29 is 41.6 Å². The van der Waals surface area contributed by atoms with E-state index >= 15 is 0 Å². The number of morpholine rings is 2. The van der Waals surface area contributed by atoms with Crippen molar-refractivity contribution in [2.45, 2.75) is 269 Å². The summed E-state index contributed by atoms with van der Waals surface area (Å²) >= 11 is 0. The first-order valence-corrected chi connectivity index (χ1v) is 52.7. The summed E-state index contributed by atoms with van der Waals surface area (Å²) in [5.74, 6) is 16.2. The topological polar surface area (TPSA) is 177 Å². The fourth-order valence-corrected chi connectivity index (χ4v) is 20.9. The second kappa shape index (κ2) is 63.0. The Kier molecular flexibility index (Phi) is 58.4. The van der Waals surface area contributed by atoms with E-state index in [-0.39, 0.29) is 5.91 Å². The first kappa shape index (κ1) is 113. The zero-order chi connectivity index (χ0) is 90.2. The van der Waals surface area contributed by atoms with Gasteiger partial charge in [-0.25, -0.2) is 8.42 Å². The minimum Gasteiger partial charge on any atom is -0.381 e. The van der Waals surface area contributed by atoms with Gasteiger partial charge in [-0.3, -0.25) is 19.5 Å². The minimum atomic E-state index is -2.69. The molecule has 0 radical (unpaired) electrons. The average Bonchev–Trinajstić information content (AvgIpc) is 1.18. The number of nitrogens with one attached hydrogen (secondary N) is 4. The second-order valence-electron chi connectivity index (χ2n) is 45.5. The maximum absolute atomic E-state index is 11.1. The lowest BCUT2D eigenvalue weighted by Crippen LogP contribution is -2.66. The number of likely N-dealkylation sites (tertiary alicyclic amines) is 3. The summed E-state index contributed by atoms with van der Waals surface area (Å²) in [5, 5.41) is 12.9. The van der Waals surface area contributed by atoms with Crippen LogP contribution in [0.5, 0.6) is 0 Å². The van der Waals surface area contributed by atoms with E-state index in [2.05, 4.69) is 229 Å². The predicted molar refractivity (Wildman–Crippen MR) is 518 cm³/mol. The van der Waals surface area contributed by atoms with Crippen LogP contribution in [0.15, 0.2) is 0 Å². The summed E-state index contributed by atoms with van der Waals surface area (Å²) in [6.07, 6.45) is 18.5. The largest absolute Gasteiger partial charge is 0.381 e. The van der Waals surface area contributed by atoms with Crippen LogP contribution >= 0.6 is 0 Å². The monoisotopic (exact) mass is 1750 g/mol. The molecule has 0 aromatic heterocycles. The molecule has 14 saturated heterocycles. The fourth-order valence-electron chi connectivity index (χ4n) is 19.7. The van der Waals surface area contributed by atoms with Gasteiger partial charge in [0, 0.05) is 194 Å². The van der Waals surface area contributed by atoms with Gasteiger partial charge in [-0.15, -0.1) is 0 Å². The van der Waals surface area contributed by atoms with Gasteiger partial charge in [-0.2, -0.15) is 0 Å². The number of carbonyl (C=O) groups excluding carboxylic acids is 1. The number of ether oxygens (including phenoxy) is 6. The molecule has 14 aliphatic heterocycles. The molecule has 0 aromatic carbocycles. The van der Waals surface area contributed by atoms with E-state index in [1.807, 2.05) is 0 Å². The third kappa shape index (κ3) is 55.2. The molecule has 724 valence electrons. The standard InChI is InChI=1S/C10H19NO.2C9H17NO.C9H19N.C9H18O.C8H16N2O.C8H18N2.C8H17NO2S.C8H17NO.C8H17N.C8H16O.C7H14/c1-8(2)3-11-4-9-6-12-7-10(9)5-11;1-8(2)3-10-4-9(5-10)6-11-7-9;1-7(2)4-10-5-9-3-8(10)6-11-9;2*1-8(2)7-9-3-5-10-6-4-9;1-7(2)5-10-4-3-9-8(11)6-10;1-8(2)7-10-5-3-9-4-6-10;1-8(2)7-9-3-5-12(10,11)6-4-9;1-8(2)7-9-3-5-10-6-4-9;2*1-7(2)5-8-3-4-9-6-8;1-7(2,3)6-4-5-6/h8-10H,3-7H2,1-2H3;8H,3-7H2,1-2H3;7-9H,3-6H2,1-2H3;8-10H,3-7H2,1-2H3;8-9H,3-7H2,1-2H3;7H,3-6H2,1-2H3,(H,9,11);8-9H,3-7H2,1-2H3;8H,3-7H2,1-2H3;8H,3-7H2,1-2H3;7-9H,3-6H2,1-2H3;7-8H,3-6H2,1-2H3;6H,4-5H2,1-3H3. The molecule has 4 N–H and O–H groups in total. The molecule has 14 heterocycles. The summed E-state index contributed by atoms with van der Waals surface area (Å²) in [6.45, 7) is 98.3. The highest BCUT2D eigenvalue weighted by Gasteiger charge is 2.49. The molecule has 15 fully saturated rings. The van der Waals surface area contributed by atoms with Gasteiger partial charge >= 0.3 is 0 Å². The van der Waals surface area contributed by atoms with E-state index < -0.39 is 9.84 Å². The van der Waals surface area contributed by atoms with Gasteiger partial charge in [0.15, 0.2) is 9.84 Å². The maximum atomic E-state index is 11.1. The number of piperidine rings is 1. The highest BCUT2D eigenvalue weighted by atomic mass is 32.2. The molecule has 2 bridgehead atoms. The van der Waals surface area contributed by atoms with Gasteiger partial charge in [0.25, 0.3) is 0 Å². The van der Waals surface area contributed by atoms with Crippen LogP contribution in [0.2, 0.25) is 0 Å². The molecule has 122 heavy (non-hydrogen) atoms. The molecule has 6 atom stereocenters. The number of piperazine rings is 2. The summed E-state index contributed by atoms with van der Waals surface area (Å²) < 4.78 is 54.1. The molecule has 1 spiro atoms. The van der Waals surface area contributed by atoms with Crippen LogP contribution in [0.3, 0.4) is 0 Å². The summed E-state index contributed by atoms with van der Waals surface area (Å²) in [7, 11) is -2.69. The van der Waals surface area contributed by atoms with E-state index in [1.165, 1.54) is 201 Å². The molecule has 1 amide bonds. The maximum Gasteiger partial charge on any atom is 0.234 e. The quantitative estimate of drug-likeness (QED) is 0.0804. The molecule has 15 aliphatic rings. The number of fused-ring (bicyclic) bond motifs is 3. The Balaban J connectivity index is 0.000000280. The van der Waals surface area contributed by atoms with Crippen molar-refractivity contribution in [2.24, 2.45) is 117 Å². The Bertz CT molecular complexity index is 2490. The summed E-state index contributed by atoms with van der Waals surface area (Å²) in [4.78, 5) is 28.0. The lowest BCUT2D eigenvalue weighted by atomic mass is 9.78. The fraction of sp³-hybridized carbons (Fsp3) is 0.990. The van der Waals surface area contributed by atoms with Crippen molar-refractivity contribution in [1.29, 1.82) is 0 Å². The summed E-state index contributed by atoms with van der Waals surface area (Å²) in [5.41, 5.74) is 1.22. The predicted octanol–water partition coefficient (Wildman–Crippen LogP) is 15.9. The van der Waals surface area contributed by atoms with Gasteiger partial charge < -0.3 is 69.3 Å². The molecular formula is C101H205N11O9S. The first-order chi connectivity index (χ1) is 57.7. The number of carbonyl (C=O) groups is 1. The van der Waals surface area contributed by atoms with Crippen LogP contribution in [0, 0.1) is 117 Å². The Morgan fingerprint density at radius 1 is 0.385 bits per heavy atom. The van der Waals surface area contributed by atoms with E-state index in [0.717, 1.165) is 226 Å². The van der Waals surface area contributed by atoms with E-state index in [9.17, 15) is 13.2 Å². The van der Waals surface area contributed by atoms with Crippen molar-refractivity contribution in [3.05, 3.63) is 0 Å². The number of rotatable bonds is 22. The first-order valence-electron chi connectivity index (χ1n) is 50.9. The summed E-state index contributed by atoms with van der Waals surface area (Å²) in [6, 6.07) is 0.752. The number of amides is 1. The molecule has 1 saturated carbocycles. The van der Waals surface area contributed by atoms with Crippen molar-refractivity contribution in [2.75, 3.05) is 261 Å². The number of hydrogen-bond donors (Lipinski definition) is 4. The van der Waals surface area contributed by atoms with Crippen molar-refractivity contribution in [1.82, 2.24) is 55.6 Å². The van der Waals surface area contributed by atoms with Crippen LogP contribution in [-0.2, 0) is 43.1 Å². The van der Waals surface area contributed by atoms with Crippen LogP contribution in [-0.4, -0.2) is 322 Å². The molecular weight excluding hydrogens is 1540 g/mol. The van der Waals surface area contributed by atoms with Crippen LogP contribution in [0.25, 0.3) is 0 Å². The third-order valence-electron chi connectivity index (χ3n) is 25.5. The van der Waals surface area contributed by atoms with Crippen LogP contribution in [0.4, 0.5) is 0 Å². The normalized spacial score (nSPS) is 26.3.